The Morgan fingerprint density at radius 3 is 0.496 bits per heavy atom. The van der Waals surface area contributed by atoms with Gasteiger partial charge >= 0.3 is 0 Å². The van der Waals surface area contributed by atoms with Crippen molar-refractivity contribution in [1.82, 2.24) is 0 Å². The Morgan fingerprint density at radius 1 is 0.202 bits per heavy atom. The topological polar surface area (TPSA) is 0 Å². The van der Waals surface area contributed by atoms with Crippen LogP contribution in [0, 0.1) is 90.8 Å². The van der Waals surface area contributed by atoms with Crippen LogP contribution in [0.1, 0.15) is 232 Å². The zero-order chi connectivity index (χ0) is 82.9. The van der Waals surface area contributed by atoms with Crippen molar-refractivity contribution in [2.75, 3.05) is 0 Å². The molecule has 0 aliphatic carbocycles. The summed E-state index contributed by atoms with van der Waals surface area (Å²) < 4.78 is 0. The molecule has 21 heteroatoms. The van der Waals surface area contributed by atoms with Gasteiger partial charge in [-0.2, -0.15) is 335 Å². The quantitative estimate of drug-likeness (QED) is 0.140. The van der Waals surface area contributed by atoms with Crippen LogP contribution in [0.25, 0.3) is 55.6 Å². The van der Waals surface area contributed by atoms with Crippen molar-refractivity contribution < 1.29 is 687 Å². The Kier molecular flexibility index (Phi) is 303. The van der Waals surface area contributed by atoms with Gasteiger partial charge in [0.05, 0.1) is 0 Å². The Morgan fingerprint density at radius 2 is 0.372 bits per heavy atom. The van der Waals surface area contributed by atoms with Crippen molar-refractivity contribution in [3.63, 3.8) is 0 Å². The molecule has 0 aliphatic heterocycles. The standard InChI is InChI=1S/5C13H10.C10H13.C8H9.12C2H6.CH4.21Y/c5*1-11-6-5-9-13(10-11)12-7-3-2-4-8-12;1-9(2)8-10-6-4-3-5-7-10;1-7-4-3-5-8(2)6-7;12*1-2;;;;;;;;;;;;;;;;;;;;;;/h5*2-3,5-10H,1H2;3-6,9H,8H2,1-2H3;3-6H,1H2,2H3;12*1-2H3;1H4;;;;;;;;;;;;;;;;;;;;;/q5*-2;2*-1;;;;;;;;;;;;;;;;;;;;;;;;;;;;;;;;;;. The second-order valence-electron chi connectivity index (χ2n) is 19.9. The molecule has 0 saturated carbocycles. The predicted octanol–water partition coefficient (Wildman–Crippen LogP) is 34.4. The molecular formula is C108H148Y21-12. The third kappa shape index (κ3) is 130. The van der Waals surface area contributed by atoms with Gasteiger partial charge in [-0.15, -0.1) is 97.6 Å². The van der Waals surface area contributed by atoms with E-state index in [0.717, 1.165) is 45.7 Å². The number of rotatable bonds is 7. The number of aryl methyl sites for hydroxylation is 1. The summed E-state index contributed by atoms with van der Waals surface area (Å²) in [7, 11) is 0. The Labute approximate surface area is 1330 Å². The second-order valence-corrected chi connectivity index (χ2v) is 19.9. The summed E-state index contributed by atoms with van der Waals surface area (Å²) in [6.45, 7) is 77.8. The average Bonchev–Trinajstić information content (AvgIpc) is 0.895. The van der Waals surface area contributed by atoms with Gasteiger partial charge in [-0.25, -0.2) is 0 Å². The monoisotopic (exact) mass is 3310 g/mol. The molecule has 129 heavy (non-hydrogen) atoms. The fourth-order valence-electron chi connectivity index (χ4n) is 8.33. The van der Waals surface area contributed by atoms with Gasteiger partial charge in [-0.3, -0.25) is 0 Å². The first-order valence-electron chi connectivity index (χ1n) is 39.7. The zero-order valence-electron chi connectivity index (χ0n) is 84.4. The van der Waals surface area contributed by atoms with Gasteiger partial charge in [-0.05, 0) is 12.3 Å². The predicted molar refractivity (Wildman–Crippen MR) is 498 cm³/mol. The summed E-state index contributed by atoms with van der Waals surface area (Å²) in [5, 5.41) is 0. The molecule has 21 radical (unpaired) electrons. The first kappa shape index (κ1) is 221. The van der Waals surface area contributed by atoms with Crippen molar-refractivity contribution in [2.24, 2.45) is 5.92 Å². The van der Waals surface area contributed by atoms with Crippen molar-refractivity contribution in [3.8, 4) is 55.6 Å². The van der Waals surface area contributed by atoms with E-state index in [1.807, 2.05) is 342 Å². The van der Waals surface area contributed by atoms with Crippen LogP contribution in [-0.2, 0) is 693 Å². The number of hydrogen-bond donors (Lipinski definition) is 0. The van der Waals surface area contributed by atoms with Crippen LogP contribution < -0.4 is 0 Å². The molecule has 0 saturated heterocycles. The van der Waals surface area contributed by atoms with Crippen LogP contribution in [0.5, 0.6) is 0 Å². The SMILES string of the molecule is C.CC.CC.CC.CC.CC.CC.CC.CC.CC.CC.CC.CC.CC(C)Cc1[c-]cccc1.[CH2-]c1cccc(-c2c[c-]ccc2)c1.[CH2-]c1cccc(-c2c[c-]ccc2)c1.[CH2-]c1cccc(-c2c[c-]ccc2)c1.[CH2-]c1cccc(-c2c[c-]ccc2)c1.[CH2-]c1cccc(-c2c[c-]ccc2)c1.[CH2-]c1cccc(C)c1.[Y].[Y].[Y].[Y].[Y].[Y].[Y].[Y].[Y].[Y].[Y].[Y].[Y].[Y].[Y].[Y].[Y].[Y].[Y].[Y].[Y]. The van der Waals surface area contributed by atoms with Crippen LogP contribution in [0.4, 0.5) is 0 Å². The van der Waals surface area contributed by atoms with E-state index in [0.29, 0.717) is 0 Å². The first-order valence-corrected chi connectivity index (χ1v) is 39.7. The van der Waals surface area contributed by atoms with Crippen molar-refractivity contribution in [3.05, 3.63) is 414 Å². The third-order valence-electron chi connectivity index (χ3n) is 12.3. The maximum atomic E-state index is 3.90. The van der Waals surface area contributed by atoms with E-state index in [2.05, 4.69) is 214 Å². The van der Waals surface area contributed by atoms with E-state index in [-0.39, 0.29) is 694 Å². The summed E-state index contributed by atoms with van der Waals surface area (Å²) in [5.41, 5.74) is 20.8. The molecule has 0 N–H and O–H groups in total. The Balaban J connectivity index is -0.0000000314. The van der Waals surface area contributed by atoms with E-state index in [9.17, 15) is 0 Å². The largest absolute Gasteiger partial charge is 0.199 e. The van der Waals surface area contributed by atoms with Crippen LogP contribution in [0.3, 0.4) is 0 Å². The van der Waals surface area contributed by atoms with Gasteiger partial charge in [0.15, 0.2) is 0 Å². The molecule has 0 amide bonds. The minimum absolute atomic E-state index is 0. The van der Waals surface area contributed by atoms with Gasteiger partial charge in [0, 0.05) is 687 Å². The van der Waals surface area contributed by atoms with Gasteiger partial charge in [0.25, 0.3) is 0 Å². The van der Waals surface area contributed by atoms with Crippen molar-refractivity contribution in [2.45, 2.75) is 201 Å². The number of benzene rings is 12. The second kappa shape index (κ2) is 177. The Hall–Kier alpha value is 13.0. The molecule has 0 bridgehead atoms. The molecule has 0 atom stereocenters. The van der Waals surface area contributed by atoms with E-state index in [1.54, 1.807) is 0 Å². The molecule has 655 valence electrons. The Bertz CT molecular complexity index is 3250. The average molecular weight is 3310 g/mol. The minimum atomic E-state index is 0. The molecule has 12 aromatic rings. The minimum Gasteiger partial charge on any atom is -0.199 e. The molecule has 0 fully saturated rings. The first-order chi connectivity index (χ1) is 52.4. The smallest absolute Gasteiger partial charge is 0 e. The zero-order valence-corrected chi connectivity index (χ0v) is 144. The van der Waals surface area contributed by atoms with E-state index in [1.165, 1.54) is 66.8 Å². The normalized spacial score (nSPS) is 6.88. The molecule has 12 rings (SSSR count). The maximum Gasteiger partial charge on any atom is 0 e. The molecule has 0 spiro atoms. The summed E-state index contributed by atoms with van der Waals surface area (Å²) >= 11 is 0. The summed E-state index contributed by atoms with van der Waals surface area (Å²) in [5.74, 6) is 0.735. The van der Waals surface area contributed by atoms with Gasteiger partial charge in [-0.1, -0.05) is 231 Å². The van der Waals surface area contributed by atoms with E-state index >= 15 is 0 Å². The molecule has 0 aliphatic rings. The number of hydrogen-bond acceptors (Lipinski definition) is 0. The molecule has 0 nitrogen and oxygen atoms in total. The van der Waals surface area contributed by atoms with E-state index < -0.39 is 0 Å². The van der Waals surface area contributed by atoms with Crippen LogP contribution in [-0.4, -0.2) is 0 Å². The van der Waals surface area contributed by atoms with Gasteiger partial charge in [0.2, 0.25) is 0 Å². The van der Waals surface area contributed by atoms with Gasteiger partial charge < -0.3 is 0 Å². The third-order valence-corrected chi connectivity index (χ3v) is 12.3. The fourth-order valence-corrected chi connectivity index (χ4v) is 8.33. The molecule has 0 heterocycles. The van der Waals surface area contributed by atoms with Crippen molar-refractivity contribution >= 4 is 0 Å². The molecule has 12 aromatic carbocycles. The maximum absolute atomic E-state index is 3.90. The fraction of sp³-hybridized carbons (Fsp3) is 0.278. The molecular weight excluding hydrogens is 3160 g/mol. The molecule has 0 unspecified atom stereocenters. The van der Waals surface area contributed by atoms with Crippen LogP contribution >= 0.6 is 0 Å². The summed E-state index contributed by atoms with van der Waals surface area (Å²) in [6, 6.07) is 115. The van der Waals surface area contributed by atoms with E-state index in [4.69, 9.17) is 0 Å². The summed E-state index contributed by atoms with van der Waals surface area (Å²) in [4.78, 5) is 0. The van der Waals surface area contributed by atoms with Gasteiger partial charge in [0.1, 0.15) is 0 Å². The summed E-state index contributed by atoms with van der Waals surface area (Å²) in [6.07, 6.45) is 1.14. The van der Waals surface area contributed by atoms with Crippen LogP contribution in [0.15, 0.2) is 291 Å². The molecule has 0 aromatic heterocycles. The van der Waals surface area contributed by atoms with Crippen LogP contribution in [0.2, 0.25) is 0 Å². The van der Waals surface area contributed by atoms with Crippen molar-refractivity contribution in [1.29, 1.82) is 0 Å².